The maximum Gasteiger partial charge on any atom is 0.341 e. The van der Waals surface area contributed by atoms with Crippen molar-refractivity contribution in [3.05, 3.63) is 41.0 Å². The number of ether oxygens (including phenoxy) is 1. The minimum atomic E-state index is -0.407. The van der Waals surface area contributed by atoms with Crippen molar-refractivity contribution in [1.29, 1.82) is 0 Å². The predicted octanol–water partition coefficient (Wildman–Crippen LogP) is 4.12. The third kappa shape index (κ3) is 2.44. The van der Waals surface area contributed by atoms with Crippen molar-refractivity contribution in [3.8, 4) is 11.1 Å². The highest BCUT2D eigenvalue weighted by atomic mass is 35.5. The normalized spacial score (nSPS) is 16.7. The van der Waals surface area contributed by atoms with Crippen molar-refractivity contribution in [2.24, 2.45) is 0 Å². The number of fused-ring (bicyclic) bond motifs is 1. The topological polar surface area (TPSA) is 48.3 Å². The van der Waals surface area contributed by atoms with Crippen LogP contribution in [-0.4, -0.2) is 28.3 Å². The maximum absolute atomic E-state index is 12.4. The Morgan fingerprint density at radius 1 is 1.36 bits per heavy atom. The fourth-order valence-corrected chi connectivity index (χ4v) is 3.67. The first-order valence-corrected chi connectivity index (χ1v) is 8.18. The van der Waals surface area contributed by atoms with Gasteiger partial charge >= 0.3 is 5.97 Å². The summed E-state index contributed by atoms with van der Waals surface area (Å²) in [5.41, 5.74) is 1.97. The van der Waals surface area contributed by atoms with Gasteiger partial charge in [0.05, 0.1) is 22.4 Å². The lowest BCUT2D eigenvalue weighted by molar-refractivity contribution is 0.0523. The Kier molecular flexibility index (Phi) is 4.02. The molecule has 0 saturated heterocycles. The Balaban J connectivity index is 2.16. The number of benzene rings is 1. The molecule has 22 heavy (non-hydrogen) atoms. The molecule has 0 amide bonds. The molecule has 1 aliphatic rings. The summed E-state index contributed by atoms with van der Waals surface area (Å²) >= 11 is 7.30. The summed E-state index contributed by atoms with van der Waals surface area (Å²) < 4.78 is 6.71. The third-order valence-electron chi connectivity index (χ3n) is 3.47. The second-order valence-corrected chi connectivity index (χ2v) is 6.68. The van der Waals surface area contributed by atoms with Crippen LogP contribution < -0.4 is 0 Å². The molecule has 0 radical (unpaired) electrons. The molecule has 0 fully saturated rings. The van der Waals surface area contributed by atoms with E-state index in [0.29, 0.717) is 21.2 Å². The molecule has 0 bridgehead atoms. The average Bonchev–Trinajstić information content (AvgIpc) is 2.98. The Morgan fingerprint density at radius 2 is 2.05 bits per heavy atom. The van der Waals surface area contributed by atoms with E-state index in [1.54, 1.807) is 29.8 Å². The van der Waals surface area contributed by atoms with Crippen molar-refractivity contribution in [3.63, 3.8) is 0 Å². The van der Waals surface area contributed by atoms with Gasteiger partial charge in [-0.25, -0.2) is 4.79 Å². The number of carbonyl (C=O) groups is 2. The van der Waals surface area contributed by atoms with Crippen LogP contribution in [0.2, 0.25) is 5.02 Å². The van der Waals surface area contributed by atoms with Crippen molar-refractivity contribution in [2.45, 2.75) is 24.1 Å². The van der Waals surface area contributed by atoms with Gasteiger partial charge in [0.25, 0.3) is 0 Å². The molecule has 0 spiro atoms. The first-order valence-electron chi connectivity index (χ1n) is 6.92. The SMILES string of the molecule is CCOC(=O)c1c(-c2ccc(Cl)cc2)cn2c1S[C@@H](C)C2=O. The Morgan fingerprint density at radius 3 is 2.68 bits per heavy atom. The number of esters is 1. The molecule has 0 aliphatic carbocycles. The third-order valence-corrected chi connectivity index (χ3v) is 4.90. The molecular formula is C16H14ClNO3S. The minimum absolute atomic E-state index is 0.0224. The van der Waals surface area contributed by atoms with E-state index in [1.807, 2.05) is 19.1 Å². The molecule has 2 heterocycles. The molecule has 0 unspecified atom stereocenters. The van der Waals surface area contributed by atoms with Gasteiger partial charge in [0, 0.05) is 16.8 Å². The molecule has 0 N–H and O–H groups in total. The van der Waals surface area contributed by atoms with Crippen LogP contribution >= 0.6 is 23.4 Å². The number of thioether (sulfide) groups is 1. The minimum Gasteiger partial charge on any atom is -0.462 e. The van der Waals surface area contributed by atoms with E-state index < -0.39 is 5.97 Å². The van der Waals surface area contributed by atoms with Gasteiger partial charge in [0.1, 0.15) is 0 Å². The molecule has 114 valence electrons. The molecule has 1 aromatic heterocycles. The van der Waals surface area contributed by atoms with E-state index in [4.69, 9.17) is 16.3 Å². The summed E-state index contributed by atoms with van der Waals surface area (Å²) in [6.45, 7) is 3.88. The Hall–Kier alpha value is -1.72. The fourth-order valence-electron chi connectivity index (χ4n) is 2.43. The van der Waals surface area contributed by atoms with Crippen LogP contribution in [0.15, 0.2) is 35.5 Å². The van der Waals surface area contributed by atoms with Crippen LogP contribution in [0.4, 0.5) is 0 Å². The highest BCUT2D eigenvalue weighted by Gasteiger charge is 2.35. The van der Waals surface area contributed by atoms with Gasteiger partial charge in [-0.3, -0.25) is 9.36 Å². The van der Waals surface area contributed by atoms with Gasteiger partial charge in [0.15, 0.2) is 0 Å². The predicted molar refractivity (Wildman–Crippen MR) is 86.8 cm³/mol. The van der Waals surface area contributed by atoms with Crippen LogP contribution in [-0.2, 0) is 4.74 Å². The van der Waals surface area contributed by atoms with Crippen molar-refractivity contribution < 1.29 is 14.3 Å². The first-order chi connectivity index (χ1) is 10.5. The number of aromatic nitrogens is 1. The summed E-state index contributed by atoms with van der Waals surface area (Å²) in [6, 6.07) is 7.17. The molecule has 1 atom stereocenters. The Bertz CT molecular complexity index is 751. The van der Waals surface area contributed by atoms with Crippen LogP contribution in [0, 0.1) is 0 Å². The summed E-state index contributed by atoms with van der Waals surface area (Å²) in [5, 5.41) is 1.08. The highest BCUT2D eigenvalue weighted by molar-refractivity contribution is 8.01. The number of hydrogen-bond acceptors (Lipinski definition) is 4. The quantitative estimate of drug-likeness (QED) is 0.792. The van der Waals surface area contributed by atoms with E-state index in [1.165, 1.54) is 11.8 Å². The summed E-state index contributed by atoms with van der Waals surface area (Å²) in [7, 11) is 0. The number of hydrogen-bond donors (Lipinski definition) is 0. The second-order valence-electron chi connectivity index (χ2n) is 4.92. The van der Waals surface area contributed by atoms with Crippen LogP contribution in [0.5, 0.6) is 0 Å². The summed E-state index contributed by atoms with van der Waals surface area (Å²) in [5.74, 6) is -0.429. The lowest BCUT2D eigenvalue weighted by Gasteiger charge is -2.06. The summed E-state index contributed by atoms with van der Waals surface area (Å²) in [4.78, 5) is 24.6. The summed E-state index contributed by atoms with van der Waals surface area (Å²) in [6.07, 6.45) is 1.71. The van der Waals surface area contributed by atoms with Gasteiger partial charge in [-0.1, -0.05) is 35.5 Å². The molecular weight excluding hydrogens is 322 g/mol. The van der Waals surface area contributed by atoms with E-state index in [-0.39, 0.29) is 17.8 Å². The van der Waals surface area contributed by atoms with Crippen molar-refractivity contribution >= 4 is 35.2 Å². The van der Waals surface area contributed by atoms with E-state index in [0.717, 1.165) is 5.56 Å². The number of nitrogens with zero attached hydrogens (tertiary/aromatic N) is 1. The largest absolute Gasteiger partial charge is 0.462 e. The molecule has 4 nitrogen and oxygen atoms in total. The number of rotatable bonds is 3. The first kappa shape index (κ1) is 15.2. The van der Waals surface area contributed by atoms with Gasteiger partial charge in [-0.15, -0.1) is 0 Å². The van der Waals surface area contributed by atoms with Crippen molar-refractivity contribution in [1.82, 2.24) is 4.57 Å². The van der Waals surface area contributed by atoms with E-state index in [9.17, 15) is 9.59 Å². The van der Waals surface area contributed by atoms with Crippen molar-refractivity contribution in [2.75, 3.05) is 6.61 Å². The molecule has 6 heteroatoms. The second kappa shape index (κ2) is 5.82. The van der Waals surface area contributed by atoms with Crippen LogP contribution in [0.1, 0.15) is 29.0 Å². The Labute approximate surface area is 137 Å². The van der Waals surface area contributed by atoms with Gasteiger partial charge in [0.2, 0.25) is 5.91 Å². The van der Waals surface area contributed by atoms with Crippen LogP contribution in [0.25, 0.3) is 11.1 Å². The van der Waals surface area contributed by atoms with E-state index >= 15 is 0 Å². The van der Waals surface area contributed by atoms with Crippen LogP contribution in [0.3, 0.4) is 0 Å². The lowest BCUT2D eigenvalue weighted by Crippen LogP contribution is -2.12. The average molecular weight is 336 g/mol. The molecule has 3 rings (SSSR count). The number of carbonyl (C=O) groups excluding carboxylic acids is 2. The molecule has 0 saturated carbocycles. The lowest BCUT2D eigenvalue weighted by atomic mass is 10.1. The zero-order valence-electron chi connectivity index (χ0n) is 12.1. The monoisotopic (exact) mass is 335 g/mol. The zero-order chi connectivity index (χ0) is 15.9. The zero-order valence-corrected chi connectivity index (χ0v) is 13.7. The molecule has 1 aliphatic heterocycles. The fraction of sp³-hybridized carbons (Fsp3) is 0.250. The maximum atomic E-state index is 12.4. The molecule has 2 aromatic rings. The van der Waals surface area contributed by atoms with Gasteiger partial charge < -0.3 is 4.74 Å². The van der Waals surface area contributed by atoms with Gasteiger partial charge in [-0.2, -0.15) is 0 Å². The highest BCUT2D eigenvalue weighted by Crippen LogP contribution is 2.41. The standard InChI is InChI=1S/C16H14ClNO3S/c1-3-21-16(20)13-12(10-4-6-11(17)7-5-10)8-18-14(19)9(2)22-15(13)18/h4-9H,3H2,1-2H3/t9-/m0/s1. The van der Waals surface area contributed by atoms with Gasteiger partial charge in [-0.05, 0) is 31.5 Å². The number of halogens is 1. The molecule has 1 aromatic carbocycles. The smallest absolute Gasteiger partial charge is 0.341 e. The van der Waals surface area contributed by atoms with E-state index in [2.05, 4.69) is 0 Å².